The van der Waals surface area contributed by atoms with Crippen LogP contribution in [0.15, 0.2) is 18.2 Å². The average Bonchev–Trinajstić information content (AvgIpc) is 2.46. The predicted octanol–water partition coefficient (Wildman–Crippen LogP) is 2.51. The van der Waals surface area contributed by atoms with Crippen molar-refractivity contribution in [2.24, 2.45) is 0 Å². The molecule has 0 amide bonds. The van der Waals surface area contributed by atoms with E-state index in [1.807, 2.05) is 12.1 Å². The van der Waals surface area contributed by atoms with Crippen LogP contribution in [0.3, 0.4) is 0 Å². The SMILES string of the molecule is OCc1ccc(N2CCN3CCCCC3C2)cc1Cl. The first-order chi connectivity index (χ1) is 9.28. The predicted molar refractivity (Wildman–Crippen MR) is 78.8 cm³/mol. The summed E-state index contributed by atoms with van der Waals surface area (Å²) < 4.78 is 0. The number of fused-ring (bicyclic) bond motifs is 1. The fourth-order valence-corrected chi connectivity index (χ4v) is 3.49. The summed E-state index contributed by atoms with van der Waals surface area (Å²) in [6, 6.07) is 6.71. The molecule has 104 valence electrons. The lowest BCUT2D eigenvalue weighted by atomic mass is 9.99. The summed E-state index contributed by atoms with van der Waals surface area (Å²) in [5.74, 6) is 0. The van der Waals surface area contributed by atoms with Crippen LogP contribution in [0.1, 0.15) is 24.8 Å². The number of benzene rings is 1. The van der Waals surface area contributed by atoms with E-state index in [-0.39, 0.29) is 6.61 Å². The Morgan fingerprint density at radius 1 is 1.21 bits per heavy atom. The van der Waals surface area contributed by atoms with Gasteiger partial charge in [0.2, 0.25) is 0 Å². The Balaban J connectivity index is 1.74. The molecule has 3 rings (SSSR count). The first-order valence-corrected chi connectivity index (χ1v) is 7.54. The van der Waals surface area contributed by atoms with Gasteiger partial charge in [-0.15, -0.1) is 0 Å². The van der Waals surface area contributed by atoms with Crippen LogP contribution in [-0.2, 0) is 6.61 Å². The van der Waals surface area contributed by atoms with Crippen LogP contribution < -0.4 is 4.90 Å². The van der Waals surface area contributed by atoms with Gasteiger partial charge in [0.05, 0.1) is 6.61 Å². The molecule has 0 bridgehead atoms. The highest BCUT2D eigenvalue weighted by Gasteiger charge is 2.28. The highest BCUT2D eigenvalue weighted by molar-refractivity contribution is 6.31. The van der Waals surface area contributed by atoms with Crippen LogP contribution in [0.25, 0.3) is 0 Å². The Bertz CT molecular complexity index is 452. The summed E-state index contributed by atoms with van der Waals surface area (Å²) in [7, 11) is 0. The van der Waals surface area contributed by atoms with Gasteiger partial charge in [0.15, 0.2) is 0 Å². The number of aliphatic hydroxyl groups is 1. The zero-order valence-corrected chi connectivity index (χ0v) is 11.9. The van der Waals surface area contributed by atoms with Crippen molar-refractivity contribution in [3.63, 3.8) is 0 Å². The van der Waals surface area contributed by atoms with E-state index < -0.39 is 0 Å². The second-order valence-electron chi connectivity index (χ2n) is 5.57. The monoisotopic (exact) mass is 280 g/mol. The maximum absolute atomic E-state index is 9.17. The minimum atomic E-state index is 0.00944. The fourth-order valence-electron chi connectivity index (χ4n) is 3.25. The molecule has 2 heterocycles. The lowest BCUT2D eigenvalue weighted by molar-refractivity contribution is 0.133. The van der Waals surface area contributed by atoms with E-state index in [1.54, 1.807) is 0 Å². The highest BCUT2D eigenvalue weighted by atomic mass is 35.5. The standard InChI is InChI=1S/C15H21ClN2O/c16-15-9-13(5-4-12(15)11-19)18-8-7-17-6-2-1-3-14(17)10-18/h4-5,9,14,19H,1-3,6-8,10-11H2. The third-order valence-corrected chi connectivity index (χ3v) is 4.76. The summed E-state index contributed by atoms with van der Waals surface area (Å²) in [5, 5.41) is 9.84. The number of piperidine rings is 1. The molecule has 4 heteroatoms. The van der Waals surface area contributed by atoms with Gasteiger partial charge < -0.3 is 10.0 Å². The third-order valence-electron chi connectivity index (χ3n) is 4.41. The molecule has 1 atom stereocenters. The fraction of sp³-hybridized carbons (Fsp3) is 0.600. The van der Waals surface area contributed by atoms with Crippen LogP contribution >= 0.6 is 11.6 Å². The molecule has 0 saturated carbocycles. The zero-order valence-electron chi connectivity index (χ0n) is 11.2. The van der Waals surface area contributed by atoms with Crippen molar-refractivity contribution in [3.05, 3.63) is 28.8 Å². The van der Waals surface area contributed by atoms with Gasteiger partial charge in [-0.2, -0.15) is 0 Å². The molecule has 0 aliphatic carbocycles. The normalized spacial score (nSPS) is 24.3. The second kappa shape index (κ2) is 5.70. The van der Waals surface area contributed by atoms with Gasteiger partial charge in [-0.1, -0.05) is 24.1 Å². The molecule has 2 aliphatic rings. The van der Waals surface area contributed by atoms with Gasteiger partial charge in [-0.3, -0.25) is 4.90 Å². The van der Waals surface area contributed by atoms with Crippen LogP contribution in [-0.4, -0.2) is 42.2 Å². The lowest BCUT2D eigenvalue weighted by Gasteiger charge is -2.45. The van der Waals surface area contributed by atoms with Crippen LogP contribution in [0, 0.1) is 0 Å². The van der Waals surface area contributed by atoms with Gasteiger partial charge in [-0.25, -0.2) is 0 Å². The molecule has 0 radical (unpaired) electrons. The molecule has 1 N–H and O–H groups in total. The molecule has 2 aliphatic heterocycles. The van der Waals surface area contributed by atoms with Gasteiger partial charge >= 0.3 is 0 Å². The first-order valence-electron chi connectivity index (χ1n) is 7.16. The van der Waals surface area contributed by atoms with Crippen LogP contribution in [0.4, 0.5) is 5.69 Å². The first kappa shape index (κ1) is 13.2. The van der Waals surface area contributed by atoms with Gasteiger partial charge in [0.25, 0.3) is 0 Å². The van der Waals surface area contributed by atoms with Crippen molar-refractivity contribution >= 4 is 17.3 Å². The Hall–Kier alpha value is -0.770. The smallest absolute Gasteiger partial charge is 0.0696 e. The molecule has 1 aromatic rings. The number of hydrogen-bond acceptors (Lipinski definition) is 3. The summed E-state index contributed by atoms with van der Waals surface area (Å²) in [4.78, 5) is 5.06. The van der Waals surface area contributed by atoms with E-state index >= 15 is 0 Å². The van der Waals surface area contributed by atoms with Crippen molar-refractivity contribution in [2.75, 3.05) is 31.1 Å². The van der Waals surface area contributed by atoms with Gasteiger partial charge in [0.1, 0.15) is 0 Å². The number of nitrogens with zero attached hydrogens (tertiary/aromatic N) is 2. The third kappa shape index (κ3) is 2.73. The molecule has 1 aromatic carbocycles. The summed E-state index contributed by atoms with van der Waals surface area (Å²) >= 11 is 6.19. The number of rotatable bonds is 2. The number of halogens is 1. The molecule has 2 fully saturated rings. The van der Waals surface area contributed by atoms with Crippen LogP contribution in [0.2, 0.25) is 5.02 Å². The second-order valence-corrected chi connectivity index (χ2v) is 5.97. The maximum Gasteiger partial charge on any atom is 0.0696 e. The van der Waals surface area contributed by atoms with E-state index in [0.29, 0.717) is 11.1 Å². The molecule has 19 heavy (non-hydrogen) atoms. The van der Waals surface area contributed by atoms with Crippen molar-refractivity contribution < 1.29 is 5.11 Å². The van der Waals surface area contributed by atoms with E-state index in [1.165, 1.54) is 31.5 Å². The molecule has 1 unspecified atom stereocenters. The summed E-state index contributed by atoms with van der Waals surface area (Å²) in [5.41, 5.74) is 1.99. The Kier molecular flexibility index (Phi) is 3.96. The van der Waals surface area contributed by atoms with E-state index in [2.05, 4.69) is 15.9 Å². The van der Waals surface area contributed by atoms with Crippen molar-refractivity contribution in [1.82, 2.24) is 4.90 Å². The van der Waals surface area contributed by atoms with Gasteiger partial charge in [0, 0.05) is 36.4 Å². The summed E-state index contributed by atoms with van der Waals surface area (Å²) in [6.45, 7) is 4.61. The van der Waals surface area contributed by atoms with E-state index in [9.17, 15) is 0 Å². The van der Waals surface area contributed by atoms with Crippen molar-refractivity contribution in [3.8, 4) is 0 Å². The highest BCUT2D eigenvalue weighted by Crippen LogP contribution is 2.28. The molecular weight excluding hydrogens is 260 g/mol. The number of aliphatic hydroxyl groups excluding tert-OH is 1. The van der Waals surface area contributed by atoms with Gasteiger partial charge in [-0.05, 0) is 37.1 Å². The number of piperazine rings is 1. The lowest BCUT2D eigenvalue weighted by Crippen LogP contribution is -2.54. The van der Waals surface area contributed by atoms with Crippen LogP contribution in [0.5, 0.6) is 0 Å². The topological polar surface area (TPSA) is 26.7 Å². The Morgan fingerprint density at radius 2 is 2.11 bits per heavy atom. The Morgan fingerprint density at radius 3 is 2.89 bits per heavy atom. The molecule has 0 spiro atoms. The quantitative estimate of drug-likeness (QED) is 0.902. The molecule has 3 nitrogen and oxygen atoms in total. The average molecular weight is 281 g/mol. The summed E-state index contributed by atoms with van der Waals surface area (Å²) in [6.07, 6.45) is 4.03. The minimum Gasteiger partial charge on any atom is -0.392 e. The van der Waals surface area contributed by atoms with Crippen molar-refractivity contribution in [1.29, 1.82) is 0 Å². The maximum atomic E-state index is 9.17. The van der Waals surface area contributed by atoms with E-state index in [4.69, 9.17) is 16.7 Å². The minimum absolute atomic E-state index is 0.00944. The number of hydrogen-bond donors (Lipinski definition) is 1. The molecule has 0 aromatic heterocycles. The number of anilines is 1. The zero-order chi connectivity index (χ0) is 13.2. The van der Waals surface area contributed by atoms with E-state index in [0.717, 1.165) is 25.2 Å². The molecular formula is C15H21ClN2O. The molecule has 2 saturated heterocycles. The largest absolute Gasteiger partial charge is 0.392 e. The Labute approximate surface area is 119 Å². The van der Waals surface area contributed by atoms with Crippen molar-refractivity contribution in [2.45, 2.75) is 31.9 Å².